The van der Waals surface area contributed by atoms with E-state index in [-0.39, 0.29) is 18.1 Å². The van der Waals surface area contributed by atoms with Gasteiger partial charge in [0.2, 0.25) is 5.91 Å². The van der Waals surface area contributed by atoms with Crippen molar-refractivity contribution in [3.63, 3.8) is 0 Å². The number of aromatic hydroxyl groups is 1. The van der Waals surface area contributed by atoms with Gasteiger partial charge < -0.3 is 25.6 Å². The standard InChI is InChI=1S/C26H27N3O6S/c1-3-4-17-14-36-25-21(28-23(31)20(27)16-7-9-18(30)10-8-16)24(32)29(25)22(17)26(33)35-13-15-5-11-19(34-2)12-6-15/h3-12,20-21,25,30H,13-14,27H2,1-2H3,(H,28,31)/b4-3-/t20-,21-,25-/m1/s1. The smallest absolute Gasteiger partial charge is 0.355 e. The normalized spacial score (nSPS) is 20.0. The van der Waals surface area contributed by atoms with Gasteiger partial charge in [-0.1, -0.05) is 36.4 Å². The van der Waals surface area contributed by atoms with Crippen LogP contribution in [-0.4, -0.2) is 52.1 Å². The van der Waals surface area contributed by atoms with E-state index < -0.39 is 35.2 Å². The van der Waals surface area contributed by atoms with Gasteiger partial charge in [-0.25, -0.2) is 4.79 Å². The van der Waals surface area contributed by atoms with Crippen molar-refractivity contribution >= 4 is 29.5 Å². The summed E-state index contributed by atoms with van der Waals surface area (Å²) in [6, 6.07) is 11.3. The third-order valence-corrected chi connectivity index (χ3v) is 7.22. The van der Waals surface area contributed by atoms with Crippen LogP contribution in [0.15, 0.2) is 72.0 Å². The molecule has 2 aliphatic rings. The topological polar surface area (TPSA) is 131 Å². The summed E-state index contributed by atoms with van der Waals surface area (Å²) >= 11 is 1.45. The zero-order valence-corrected chi connectivity index (χ0v) is 20.7. The number of nitrogens with one attached hydrogen (secondary N) is 1. The molecule has 0 unspecified atom stereocenters. The number of ether oxygens (including phenoxy) is 2. The first-order valence-corrected chi connectivity index (χ1v) is 12.3. The van der Waals surface area contributed by atoms with Crippen LogP contribution in [0.25, 0.3) is 0 Å². The number of esters is 1. The number of β-lactam (4-membered cyclic amide) rings is 1. The van der Waals surface area contributed by atoms with Crippen molar-refractivity contribution in [3.8, 4) is 11.5 Å². The Morgan fingerprint density at radius 1 is 1.22 bits per heavy atom. The number of phenolic OH excluding ortho intramolecular Hbond substituents is 1. The van der Waals surface area contributed by atoms with Crippen LogP contribution < -0.4 is 15.8 Å². The molecule has 4 rings (SSSR count). The minimum absolute atomic E-state index is 0.0386. The molecule has 2 aliphatic heterocycles. The van der Waals surface area contributed by atoms with Crippen LogP contribution in [0.2, 0.25) is 0 Å². The van der Waals surface area contributed by atoms with Crippen molar-refractivity contribution in [2.45, 2.75) is 31.0 Å². The van der Waals surface area contributed by atoms with Crippen molar-refractivity contribution < 1.29 is 29.0 Å². The molecule has 2 heterocycles. The van der Waals surface area contributed by atoms with E-state index >= 15 is 0 Å². The Bertz CT molecular complexity index is 1210. The van der Waals surface area contributed by atoms with Gasteiger partial charge in [0.1, 0.15) is 41.3 Å². The molecule has 0 saturated carbocycles. The number of rotatable bonds is 8. The molecule has 3 atom stereocenters. The van der Waals surface area contributed by atoms with E-state index in [9.17, 15) is 19.5 Å². The van der Waals surface area contributed by atoms with Gasteiger partial charge >= 0.3 is 5.97 Å². The van der Waals surface area contributed by atoms with Crippen LogP contribution in [0.5, 0.6) is 11.5 Å². The SMILES string of the molecule is C/C=C\C1=C(C(=O)OCc2ccc(OC)cc2)N2C(=O)[C@@H](NC(=O)[C@H](N)c3ccc(O)cc3)[C@H]2SC1. The zero-order valence-electron chi connectivity index (χ0n) is 19.8. The van der Waals surface area contributed by atoms with Crippen LogP contribution in [0, 0.1) is 0 Å². The number of nitrogens with two attached hydrogens (primary N) is 1. The summed E-state index contributed by atoms with van der Waals surface area (Å²) in [7, 11) is 1.57. The molecule has 0 aliphatic carbocycles. The molecule has 2 aromatic carbocycles. The van der Waals surface area contributed by atoms with E-state index in [1.54, 1.807) is 55.7 Å². The van der Waals surface area contributed by atoms with Crippen molar-refractivity contribution in [1.29, 1.82) is 0 Å². The number of allylic oxidation sites excluding steroid dienone is 2. The number of carbonyl (C=O) groups is 3. The van der Waals surface area contributed by atoms with E-state index in [0.717, 1.165) is 5.56 Å². The number of carbonyl (C=O) groups excluding carboxylic acids is 3. The van der Waals surface area contributed by atoms with Crippen molar-refractivity contribution in [1.82, 2.24) is 10.2 Å². The van der Waals surface area contributed by atoms with Gasteiger partial charge in [-0.3, -0.25) is 14.5 Å². The maximum atomic E-state index is 13.1. The number of fused-ring (bicyclic) bond motifs is 1. The lowest BCUT2D eigenvalue weighted by atomic mass is 10.0. The summed E-state index contributed by atoms with van der Waals surface area (Å²) in [4.78, 5) is 40.3. The van der Waals surface area contributed by atoms with Gasteiger partial charge in [-0.2, -0.15) is 0 Å². The molecule has 188 valence electrons. The van der Waals surface area contributed by atoms with Crippen LogP contribution in [0.1, 0.15) is 24.1 Å². The lowest BCUT2D eigenvalue weighted by molar-refractivity contribution is -0.153. The van der Waals surface area contributed by atoms with Gasteiger partial charge in [0, 0.05) is 5.75 Å². The number of thioether (sulfide) groups is 1. The molecule has 36 heavy (non-hydrogen) atoms. The van der Waals surface area contributed by atoms with Gasteiger partial charge in [0.05, 0.1) is 7.11 Å². The number of hydrogen-bond acceptors (Lipinski definition) is 8. The lowest BCUT2D eigenvalue weighted by Crippen LogP contribution is -2.71. The molecule has 9 nitrogen and oxygen atoms in total. The Balaban J connectivity index is 1.45. The fourth-order valence-corrected chi connectivity index (χ4v) is 5.29. The van der Waals surface area contributed by atoms with Crippen LogP contribution in [-0.2, 0) is 25.7 Å². The zero-order chi connectivity index (χ0) is 25.8. The first kappa shape index (κ1) is 25.3. The molecule has 2 amide bonds. The maximum absolute atomic E-state index is 13.1. The summed E-state index contributed by atoms with van der Waals surface area (Å²) in [5, 5.41) is 11.7. The van der Waals surface area contributed by atoms with E-state index in [1.165, 1.54) is 28.8 Å². The molecule has 1 saturated heterocycles. The van der Waals surface area contributed by atoms with E-state index in [2.05, 4.69) is 5.32 Å². The van der Waals surface area contributed by atoms with Crippen molar-refractivity contribution in [2.24, 2.45) is 5.73 Å². The summed E-state index contributed by atoms with van der Waals surface area (Å²) in [6.45, 7) is 1.87. The minimum Gasteiger partial charge on any atom is -0.508 e. The quantitative estimate of drug-likeness (QED) is 0.365. The highest BCUT2D eigenvalue weighted by molar-refractivity contribution is 8.00. The predicted octanol–water partition coefficient (Wildman–Crippen LogP) is 2.37. The second kappa shape index (κ2) is 10.9. The molecule has 4 N–H and O–H groups in total. The summed E-state index contributed by atoms with van der Waals surface area (Å²) in [5.41, 5.74) is 8.20. The largest absolute Gasteiger partial charge is 0.508 e. The highest BCUT2D eigenvalue weighted by Crippen LogP contribution is 2.41. The van der Waals surface area contributed by atoms with Crippen LogP contribution >= 0.6 is 11.8 Å². The number of phenols is 1. The molecular weight excluding hydrogens is 482 g/mol. The molecule has 0 aromatic heterocycles. The first-order valence-electron chi connectivity index (χ1n) is 11.3. The summed E-state index contributed by atoms with van der Waals surface area (Å²) < 4.78 is 10.7. The van der Waals surface area contributed by atoms with E-state index in [4.69, 9.17) is 15.2 Å². The van der Waals surface area contributed by atoms with Crippen LogP contribution in [0.4, 0.5) is 0 Å². The number of nitrogens with zero attached hydrogens (tertiary/aromatic N) is 1. The van der Waals surface area contributed by atoms with Crippen molar-refractivity contribution in [2.75, 3.05) is 12.9 Å². The third kappa shape index (κ3) is 5.09. The second-order valence-electron chi connectivity index (χ2n) is 8.26. The highest BCUT2D eigenvalue weighted by Gasteiger charge is 2.54. The van der Waals surface area contributed by atoms with E-state index in [0.29, 0.717) is 22.6 Å². The third-order valence-electron chi connectivity index (χ3n) is 5.92. The van der Waals surface area contributed by atoms with E-state index in [1.807, 2.05) is 6.92 Å². The second-order valence-corrected chi connectivity index (χ2v) is 9.37. The predicted molar refractivity (Wildman–Crippen MR) is 135 cm³/mol. The Morgan fingerprint density at radius 2 is 1.92 bits per heavy atom. The number of hydrogen-bond donors (Lipinski definition) is 3. The molecule has 0 spiro atoms. The Labute approximate surface area is 212 Å². The van der Waals surface area contributed by atoms with Gasteiger partial charge in [0.25, 0.3) is 5.91 Å². The monoisotopic (exact) mass is 509 g/mol. The molecule has 0 bridgehead atoms. The van der Waals surface area contributed by atoms with Crippen molar-refractivity contribution in [3.05, 3.63) is 83.1 Å². The summed E-state index contributed by atoms with van der Waals surface area (Å²) in [5.74, 6) is -0.307. The number of benzene rings is 2. The average molecular weight is 510 g/mol. The number of methoxy groups -OCH3 is 1. The highest BCUT2D eigenvalue weighted by atomic mass is 32.2. The lowest BCUT2D eigenvalue weighted by Gasteiger charge is -2.49. The summed E-state index contributed by atoms with van der Waals surface area (Å²) in [6.07, 6.45) is 3.58. The molecular formula is C26H27N3O6S. The van der Waals surface area contributed by atoms with Gasteiger partial charge in [0.15, 0.2) is 0 Å². The van der Waals surface area contributed by atoms with Gasteiger partial charge in [-0.05, 0) is 47.9 Å². The Morgan fingerprint density at radius 3 is 2.56 bits per heavy atom. The maximum Gasteiger partial charge on any atom is 0.355 e. The Kier molecular flexibility index (Phi) is 7.66. The fourth-order valence-electron chi connectivity index (χ4n) is 3.98. The van der Waals surface area contributed by atoms with Gasteiger partial charge in [-0.15, -0.1) is 11.8 Å². The average Bonchev–Trinajstić information content (AvgIpc) is 2.90. The van der Waals surface area contributed by atoms with Crippen LogP contribution in [0.3, 0.4) is 0 Å². The molecule has 0 radical (unpaired) electrons. The Hall–Kier alpha value is -3.76. The fraction of sp³-hybridized carbons (Fsp3) is 0.269. The number of amides is 2. The molecule has 2 aromatic rings. The molecule has 1 fully saturated rings. The minimum atomic E-state index is -1.01. The molecule has 10 heteroatoms. The first-order chi connectivity index (χ1) is 17.3.